The van der Waals surface area contributed by atoms with Gasteiger partial charge in [0.25, 0.3) is 11.5 Å². The molecule has 0 saturated carbocycles. The Hall–Kier alpha value is -3.38. The number of carbonyl (C=O) groups is 1. The van der Waals surface area contributed by atoms with Crippen molar-refractivity contribution in [1.82, 2.24) is 15.3 Å². The number of para-hydroxylation sites is 1. The van der Waals surface area contributed by atoms with E-state index in [-0.39, 0.29) is 11.5 Å². The molecule has 5 N–H and O–H groups in total. The number of benzene rings is 2. The van der Waals surface area contributed by atoms with Crippen LogP contribution in [-0.2, 0) is 0 Å². The van der Waals surface area contributed by atoms with Gasteiger partial charge in [-0.25, -0.2) is 0 Å². The maximum Gasteiger partial charge on any atom is 0.257 e. The average Bonchev–Trinajstić information content (AvgIpc) is 3.08. The first kappa shape index (κ1) is 16.1. The first-order valence-electron chi connectivity index (χ1n) is 8.39. The summed E-state index contributed by atoms with van der Waals surface area (Å²) in [4.78, 5) is 30.7. The second-order valence-electron chi connectivity index (χ2n) is 6.13. The molecule has 0 atom stereocenters. The smallest absolute Gasteiger partial charge is 0.257 e. The van der Waals surface area contributed by atoms with Crippen molar-refractivity contribution in [2.45, 2.75) is 0 Å². The minimum atomic E-state index is -0.163. The Kier molecular flexibility index (Phi) is 4.02. The molecular weight excluding hydrogens is 328 g/mol. The summed E-state index contributed by atoms with van der Waals surface area (Å²) >= 11 is 0. The molecule has 1 amide bonds. The molecule has 0 unspecified atom stereocenters. The van der Waals surface area contributed by atoms with Crippen LogP contribution >= 0.6 is 0 Å². The fourth-order valence-corrected chi connectivity index (χ4v) is 3.05. The molecule has 130 valence electrons. The van der Waals surface area contributed by atoms with Crippen molar-refractivity contribution >= 4 is 27.7 Å². The largest absolute Gasteiger partial charge is 0.354 e. The lowest BCUT2D eigenvalue weighted by atomic mass is 10.1. The molecule has 6 heteroatoms. The predicted molar refractivity (Wildman–Crippen MR) is 103 cm³/mol. The number of nitrogens with one attached hydrogen (secondary N) is 3. The van der Waals surface area contributed by atoms with Crippen LogP contribution in [0, 0.1) is 0 Å². The van der Waals surface area contributed by atoms with Gasteiger partial charge in [0.1, 0.15) is 0 Å². The maximum absolute atomic E-state index is 12.5. The van der Waals surface area contributed by atoms with Crippen molar-refractivity contribution in [3.05, 3.63) is 70.5 Å². The monoisotopic (exact) mass is 346 g/mol. The molecule has 2 aromatic heterocycles. The van der Waals surface area contributed by atoms with E-state index in [0.29, 0.717) is 29.9 Å². The minimum Gasteiger partial charge on any atom is -0.354 e. The molecule has 2 aromatic carbocycles. The fraction of sp³-hybridized carbons (Fsp3) is 0.100. The van der Waals surface area contributed by atoms with Gasteiger partial charge in [-0.2, -0.15) is 0 Å². The predicted octanol–water partition coefficient (Wildman–Crippen LogP) is 2.36. The van der Waals surface area contributed by atoms with Crippen LogP contribution in [-0.4, -0.2) is 29.0 Å². The van der Waals surface area contributed by atoms with E-state index in [9.17, 15) is 9.59 Å². The number of nitrogens with two attached hydrogens (primary N) is 1. The first-order valence-corrected chi connectivity index (χ1v) is 8.39. The van der Waals surface area contributed by atoms with Gasteiger partial charge in [-0.3, -0.25) is 9.59 Å². The SMILES string of the molecule is NCCNC(=O)c1ccc2[nH]c(-c3cc4ccccc4[nH]c3=O)cc2c1. The number of aromatic amines is 2. The molecule has 6 nitrogen and oxygen atoms in total. The van der Waals surface area contributed by atoms with Gasteiger partial charge in [0.15, 0.2) is 0 Å². The molecule has 0 spiro atoms. The van der Waals surface area contributed by atoms with Crippen molar-refractivity contribution in [3.63, 3.8) is 0 Å². The van der Waals surface area contributed by atoms with Crippen LogP contribution in [0.3, 0.4) is 0 Å². The third-order valence-corrected chi connectivity index (χ3v) is 4.36. The highest BCUT2D eigenvalue weighted by Crippen LogP contribution is 2.24. The van der Waals surface area contributed by atoms with E-state index in [2.05, 4.69) is 15.3 Å². The molecule has 2 heterocycles. The Morgan fingerprint density at radius 1 is 0.962 bits per heavy atom. The summed E-state index contributed by atoms with van der Waals surface area (Å²) in [5.41, 5.74) is 8.76. The van der Waals surface area contributed by atoms with Crippen molar-refractivity contribution in [3.8, 4) is 11.3 Å². The van der Waals surface area contributed by atoms with Crippen molar-refractivity contribution < 1.29 is 4.79 Å². The number of amides is 1. The van der Waals surface area contributed by atoms with Gasteiger partial charge in [0.2, 0.25) is 0 Å². The normalized spacial score (nSPS) is 11.1. The van der Waals surface area contributed by atoms with Crippen LogP contribution in [0.25, 0.3) is 33.1 Å². The highest BCUT2D eigenvalue weighted by molar-refractivity contribution is 5.99. The molecule has 4 rings (SSSR count). The molecule has 0 aliphatic heterocycles. The third kappa shape index (κ3) is 2.87. The zero-order valence-corrected chi connectivity index (χ0v) is 14.0. The van der Waals surface area contributed by atoms with Crippen LogP contribution in [0.15, 0.2) is 59.4 Å². The first-order chi connectivity index (χ1) is 12.7. The highest BCUT2D eigenvalue weighted by atomic mass is 16.1. The number of fused-ring (bicyclic) bond motifs is 2. The quantitative estimate of drug-likeness (QED) is 0.456. The van der Waals surface area contributed by atoms with Crippen molar-refractivity contribution in [1.29, 1.82) is 0 Å². The summed E-state index contributed by atoms with van der Waals surface area (Å²) in [6.07, 6.45) is 0. The molecule has 0 saturated heterocycles. The van der Waals surface area contributed by atoms with Gasteiger partial charge in [-0.15, -0.1) is 0 Å². The molecule has 0 radical (unpaired) electrons. The van der Waals surface area contributed by atoms with Crippen molar-refractivity contribution in [2.75, 3.05) is 13.1 Å². The summed E-state index contributed by atoms with van der Waals surface area (Å²) in [6, 6.07) is 16.8. The average molecular weight is 346 g/mol. The van der Waals surface area contributed by atoms with Gasteiger partial charge >= 0.3 is 0 Å². The van der Waals surface area contributed by atoms with E-state index < -0.39 is 0 Å². The Balaban J connectivity index is 1.77. The van der Waals surface area contributed by atoms with E-state index in [4.69, 9.17) is 5.73 Å². The molecule has 0 aliphatic carbocycles. The van der Waals surface area contributed by atoms with Gasteiger partial charge in [0.05, 0.1) is 11.3 Å². The second-order valence-corrected chi connectivity index (χ2v) is 6.13. The number of aromatic nitrogens is 2. The maximum atomic E-state index is 12.5. The third-order valence-electron chi connectivity index (χ3n) is 4.36. The topological polar surface area (TPSA) is 104 Å². The lowest BCUT2D eigenvalue weighted by molar-refractivity contribution is 0.0955. The fourth-order valence-electron chi connectivity index (χ4n) is 3.05. The standard InChI is InChI=1S/C20H18N4O2/c21-7-8-22-19(25)13-5-6-17-14(9-13)11-18(23-17)15-10-12-3-1-2-4-16(12)24-20(15)26/h1-6,9-11,23H,7-8,21H2,(H,22,25)(H,24,26). The summed E-state index contributed by atoms with van der Waals surface area (Å²) in [5.74, 6) is -0.163. The van der Waals surface area contributed by atoms with Crippen LogP contribution < -0.4 is 16.6 Å². The van der Waals surface area contributed by atoms with E-state index in [1.807, 2.05) is 42.5 Å². The summed E-state index contributed by atoms with van der Waals surface area (Å²) in [5, 5.41) is 4.58. The molecule has 0 fully saturated rings. The molecule has 0 bridgehead atoms. The zero-order chi connectivity index (χ0) is 18.1. The molecular formula is C20H18N4O2. The van der Waals surface area contributed by atoms with Crippen LogP contribution in [0.4, 0.5) is 0 Å². The summed E-state index contributed by atoms with van der Waals surface area (Å²) in [6.45, 7) is 0.828. The zero-order valence-electron chi connectivity index (χ0n) is 14.0. The van der Waals surface area contributed by atoms with Crippen LogP contribution in [0.2, 0.25) is 0 Å². The van der Waals surface area contributed by atoms with Gasteiger partial charge in [0, 0.05) is 35.1 Å². The van der Waals surface area contributed by atoms with Crippen LogP contribution in [0.5, 0.6) is 0 Å². The number of hydrogen-bond donors (Lipinski definition) is 4. The number of pyridine rings is 1. The lowest BCUT2D eigenvalue weighted by Gasteiger charge is -2.03. The van der Waals surface area contributed by atoms with Crippen molar-refractivity contribution in [2.24, 2.45) is 5.73 Å². The molecule has 0 aliphatic rings. The Bertz CT molecular complexity index is 1170. The van der Waals surface area contributed by atoms with E-state index in [0.717, 1.165) is 21.8 Å². The summed E-state index contributed by atoms with van der Waals surface area (Å²) in [7, 11) is 0. The van der Waals surface area contributed by atoms with Gasteiger partial charge in [-0.05, 0) is 41.8 Å². The van der Waals surface area contributed by atoms with E-state index in [1.54, 1.807) is 12.1 Å². The van der Waals surface area contributed by atoms with Gasteiger partial charge in [-0.1, -0.05) is 18.2 Å². The summed E-state index contributed by atoms with van der Waals surface area (Å²) < 4.78 is 0. The highest BCUT2D eigenvalue weighted by Gasteiger charge is 2.11. The Morgan fingerprint density at radius 3 is 2.62 bits per heavy atom. The Morgan fingerprint density at radius 2 is 1.77 bits per heavy atom. The number of hydrogen-bond acceptors (Lipinski definition) is 3. The Labute approximate surface area is 149 Å². The second kappa shape index (κ2) is 6.50. The van der Waals surface area contributed by atoms with Gasteiger partial charge < -0.3 is 21.0 Å². The minimum absolute atomic E-state index is 0.156. The van der Waals surface area contributed by atoms with E-state index in [1.165, 1.54) is 0 Å². The number of rotatable bonds is 4. The van der Waals surface area contributed by atoms with E-state index >= 15 is 0 Å². The molecule has 26 heavy (non-hydrogen) atoms. The number of carbonyl (C=O) groups excluding carboxylic acids is 1. The number of H-pyrrole nitrogens is 2. The van der Waals surface area contributed by atoms with Crippen LogP contribution in [0.1, 0.15) is 10.4 Å². The molecule has 4 aromatic rings. The lowest BCUT2D eigenvalue weighted by Crippen LogP contribution is -2.28.